The van der Waals surface area contributed by atoms with Gasteiger partial charge in [0.2, 0.25) is 5.75 Å². The highest BCUT2D eigenvalue weighted by molar-refractivity contribution is 7.14. The number of rotatable bonds is 6. The van der Waals surface area contributed by atoms with Crippen molar-refractivity contribution in [3.05, 3.63) is 45.8 Å². The monoisotopic (exact) mass is 453 g/mol. The molecule has 0 unspecified atom stereocenters. The Morgan fingerprint density at radius 2 is 1.69 bits per heavy atom. The second-order valence-corrected chi connectivity index (χ2v) is 7.36. The molecule has 0 aliphatic heterocycles. The quantitative estimate of drug-likeness (QED) is 0.493. The Balaban J connectivity index is 1.78. The zero-order valence-corrected chi connectivity index (χ0v) is 18.0. The number of thiazole rings is 1. The van der Waals surface area contributed by atoms with Crippen molar-refractivity contribution in [3.8, 4) is 28.5 Å². The number of methoxy groups -OCH3 is 3. The average molecular weight is 454 g/mol. The third-order valence-electron chi connectivity index (χ3n) is 3.86. The fourth-order valence-electron chi connectivity index (χ4n) is 2.53. The van der Waals surface area contributed by atoms with Crippen molar-refractivity contribution in [1.29, 1.82) is 0 Å². The Morgan fingerprint density at radius 1 is 1.00 bits per heavy atom. The summed E-state index contributed by atoms with van der Waals surface area (Å²) in [5, 5.41) is 8.38. The molecule has 0 aliphatic rings. The highest BCUT2D eigenvalue weighted by Crippen LogP contribution is 2.41. The second-order valence-electron chi connectivity index (χ2n) is 5.66. The first-order valence-corrected chi connectivity index (χ1v) is 9.87. The molecule has 29 heavy (non-hydrogen) atoms. The largest absolute Gasteiger partial charge is 0.493 e. The number of ether oxygens (including phenoxy) is 3. The van der Waals surface area contributed by atoms with Crippen molar-refractivity contribution >= 4 is 51.4 Å². The molecular formula is C19H17Cl2N3O4S. The summed E-state index contributed by atoms with van der Waals surface area (Å²) in [6.07, 6.45) is 0. The number of hydrogen-bond acceptors (Lipinski definition) is 6. The van der Waals surface area contributed by atoms with Crippen LogP contribution in [-0.2, 0) is 0 Å². The number of anilines is 2. The Kier molecular flexibility index (Phi) is 6.68. The van der Waals surface area contributed by atoms with Crippen LogP contribution in [0, 0.1) is 0 Å². The van der Waals surface area contributed by atoms with Crippen molar-refractivity contribution in [3.63, 3.8) is 0 Å². The molecule has 0 aliphatic carbocycles. The van der Waals surface area contributed by atoms with Crippen LogP contribution in [-0.4, -0.2) is 32.3 Å². The summed E-state index contributed by atoms with van der Waals surface area (Å²) in [6.45, 7) is 0. The topological polar surface area (TPSA) is 81.7 Å². The fraction of sp³-hybridized carbons (Fsp3) is 0.158. The highest BCUT2D eigenvalue weighted by atomic mass is 35.5. The maximum absolute atomic E-state index is 12.2. The molecule has 0 bridgehead atoms. The minimum Gasteiger partial charge on any atom is -0.493 e. The molecule has 0 fully saturated rings. The smallest absolute Gasteiger partial charge is 0.325 e. The Labute approximate surface area is 181 Å². The standard InChI is InChI=1S/C19H17Cl2N3O4S/c1-26-15-6-10(7-16(27-2)17(15)28-3)14-9-29-19(23-14)24-18(25)22-13-5-4-11(20)8-12(13)21/h4-9H,1-3H3,(H2,22,23,24,25). The Morgan fingerprint density at radius 3 is 2.28 bits per heavy atom. The van der Waals surface area contributed by atoms with Crippen molar-refractivity contribution in [2.75, 3.05) is 32.0 Å². The van der Waals surface area contributed by atoms with E-state index in [9.17, 15) is 4.79 Å². The van der Waals surface area contributed by atoms with Gasteiger partial charge in [0.1, 0.15) is 0 Å². The zero-order valence-electron chi connectivity index (χ0n) is 15.7. The van der Waals surface area contributed by atoms with Crippen molar-refractivity contribution in [2.45, 2.75) is 0 Å². The summed E-state index contributed by atoms with van der Waals surface area (Å²) in [6, 6.07) is 7.90. The van der Waals surface area contributed by atoms with Crippen LogP contribution in [0.2, 0.25) is 10.0 Å². The lowest BCUT2D eigenvalue weighted by atomic mass is 10.1. The van der Waals surface area contributed by atoms with Gasteiger partial charge in [-0.05, 0) is 30.3 Å². The van der Waals surface area contributed by atoms with E-state index in [4.69, 9.17) is 37.4 Å². The molecule has 0 spiro atoms. The molecule has 2 aromatic carbocycles. The van der Waals surface area contributed by atoms with E-state index in [0.717, 1.165) is 5.56 Å². The number of hydrogen-bond donors (Lipinski definition) is 2. The molecular weight excluding hydrogens is 437 g/mol. The lowest BCUT2D eigenvalue weighted by Gasteiger charge is -2.13. The second kappa shape index (κ2) is 9.21. The Hall–Kier alpha value is -2.68. The van der Waals surface area contributed by atoms with E-state index in [1.165, 1.54) is 18.4 Å². The minimum absolute atomic E-state index is 0.338. The molecule has 0 saturated carbocycles. The predicted octanol–water partition coefficient (Wildman–Crippen LogP) is 5.79. The van der Waals surface area contributed by atoms with Gasteiger partial charge >= 0.3 is 6.03 Å². The van der Waals surface area contributed by atoms with Gasteiger partial charge in [-0.1, -0.05) is 23.2 Å². The average Bonchev–Trinajstić information content (AvgIpc) is 3.17. The van der Waals surface area contributed by atoms with Gasteiger partial charge in [0, 0.05) is 16.0 Å². The SMILES string of the molecule is COc1cc(-c2csc(NC(=O)Nc3ccc(Cl)cc3Cl)n2)cc(OC)c1OC. The first kappa shape index (κ1) is 21.0. The number of carbonyl (C=O) groups is 1. The van der Waals surface area contributed by atoms with E-state index in [-0.39, 0.29) is 0 Å². The molecule has 0 radical (unpaired) electrons. The molecule has 2 N–H and O–H groups in total. The van der Waals surface area contributed by atoms with Gasteiger partial charge in [-0.25, -0.2) is 9.78 Å². The van der Waals surface area contributed by atoms with Gasteiger partial charge < -0.3 is 19.5 Å². The minimum atomic E-state index is -0.472. The molecule has 152 valence electrons. The number of nitrogens with zero attached hydrogens (tertiary/aromatic N) is 1. The fourth-order valence-corrected chi connectivity index (χ4v) is 3.70. The van der Waals surface area contributed by atoms with Crippen LogP contribution in [0.5, 0.6) is 17.2 Å². The molecule has 3 rings (SSSR count). The maximum atomic E-state index is 12.2. The van der Waals surface area contributed by atoms with E-state index >= 15 is 0 Å². The first-order valence-electron chi connectivity index (χ1n) is 8.24. The first-order chi connectivity index (χ1) is 13.9. The molecule has 0 atom stereocenters. The van der Waals surface area contributed by atoms with E-state index in [0.29, 0.717) is 43.8 Å². The molecule has 0 saturated heterocycles. The van der Waals surface area contributed by atoms with Gasteiger partial charge in [-0.2, -0.15) is 0 Å². The van der Waals surface area contributed by atoms with E-state index < -0.39 is 6.03 Å². The predicted molar refractivity (Wildman–Crippen MR) is 116 cm³/mol. The van der Waals surface area contributed by atoms with Gasteiger partial charge in [0.25, 0.3) is 0 Å². The third-order valence-corrected chi connectivity index (χ3v) is 5.17. The van der Waals surface area contributed by atoms with Crippen LogP contribution in [0.1, 0.15) is 0 Å². The lowest BCUT2D eigenvalue weighted by Crippen LogP contribution is -2.19. The van der Waals surface area contributed by atoms with Crippen molar-refractivity contribution in [1.82, 2.24) is 4.98 Å². The van der Waals surface area contributed by atoms with Crippen LogP contribution in [0.25, 0.3) is 11.3 Å². The summed E-state index contributed by atoms with van der Waals surface area (Å²) >= 11 is 13.2. The van der Waals surface area contributed by atoms with Crippen LogP contribution in [0.15, 0.2) is 35.7 Å². The van der Waals surface area contributed by atoms with Crippen LogP contribution in [0.4, 0.5) is 15.6 Å². The molecule has 1 aromatic heterocycles. The van der Waals surface area contributed by atoms with Gasteiger partial charge in [0.15, 0.2) is 16.6 Å². The van der Waals surface area contributed by atoms with Gasteiger partial charge in [-0.3, -0.25) is 5.32 Å². The molecule has 1 heterocycles. The number of nitrogens with one attached hydrogen (secondary N) is 2. The summed E-state index contributed by atoms with van der Waals surface area (Å²) in [4.78, 5) is 16.7. The lowest BCUT2D eigenvalue weighted by molar-refractivity contribution is 0.262. The Bertz CT molecular complexity index is 1020. The number of halogens is 2. The number of amides is 2. The van der Waals surface area contributed by atoms with E-state index in [1.807, 2.05) is 5.38 Å². The molecule has 2 amide bonds. The van der Waals surface area contributed by atoms with Crippen LogP contribution in [0.3, 0.4) is 0 Å². The maximum Gasteiger partial charge on any atom is 0.325 e. The summed E-state index contributed by atoms with van der Waals surface area (Å²) in [7, 11) is 4.62. The zero-order chi connectivity index (χ0) is 21.0. The van der Waals surface area contributed by atoms with Gasteiger partial charge in [-0.15, -0.1) is 11.3 Å². The molecule has 10 heteroatoms. The van der Waals surface area contributed by atoms with Crippen molar-refractivity contribution in [2.24, 2.45) is 0 Å². The van der Waals surface area contributed by atoms with Gasteiger partial charge in [0.05, 0.1) is 37.7 Å². The summed E-state index contributed by atoms with van der Waals surface area (Å²) in [5.74, 6) is 1.52. The normalized spacial score (nSPS) is 10.4. The number of aromatic nitrogens is 1. The van der Waals surface area contributed by atoms with Crippen LogP contribution >= 0.6 is 34.5 Å². The molecule has 7 nitrogen and oxygen atoms in total. The molecule has 3 aromatic rings. The number of urea groups is 1. The third kappa shape index (κ3) is 4.84. The number of benzene rings is 2. The van der Waals surface area contributed by atoms with Crippen LogP contribution < -0.4 is 24.8 Å². The van der Waals surface area contributed by atoms with E-state index in [2.05, 4.69) is 15.6 Å². The van der Waals surface area contributed by atoms with Crippen molar-refractivity contribution < 1.29 is 19.0 Å². The highest BCUT2D eigenvalue weighted by Gasteiger charge is 2.16. The summed E-state index contributed by atoms with van der Waals surface area (Å²) in [5.41, 5.74) is 1.84. The summed E-state index contributed by atoms with van der Waals surface area (Å²) < 4.78 is 16.1. The number of carbonyl (C=O) groups excluding carboxylic acids is 1. The van der Waals surface area contributed by atoms with E-state index in [1.54, 1.807) is 44.6 Å².